The van der Waals surface area contributed by atoms with Crippen molar-refractivity contribution < 1.29 is 13.6 Å². The summed E-state index contributed by atoms with van der Waals surface area (Å²) >= 11 is 1.28. The third-order valence-electron chi connectivity index (χ3n) is 2.63. The predicted molar refractivity (Wildman–Crippen MR) is 80.0 cm³/mol. The number of aromatic nitrogens is 2. The Hall–Kier alpha value is -2.42. The van der Waals surface area contributed by atoms with Gasteiger partial charge in [0.25, 0.3) is 11.5 Å². The number of carbonyl (C=O) groups is 1. The Balaban J connectivity index is 2.28. The van der Waals surface area contributed by atoms with E-state index in [0.717, 1.165) is 18.2 Å². The largest absolute Gasteiger partial charge is 0.382 e. The van der Waals surface area contributed by atoms with Gasteiger partial charge in [-0.1, -0.05) is 18.7 Å². The zero-order chi connectivity index (χ0) is 16.3. The number of hydrogen-bond donors (Lipinski definition) is 3. The molecule has 1 aromatic heterocycles. The Morgan fingerprint density at radius 2 is 2.14 bits per heavy atom. The Bertz CT molecular complexity index is 779. The third-order valence-corrected chi connectivity index (χ3v) is 3.38. The molecule has 0 spiro atoms. The Labute approximate surface area is 128 Å². The number of nitrogen functional groups attached to an aromatic ring is 1. The molecule has 116 valence electrons. The normalized spacial score (nSPS) is 10.5. The lowest BCUT2D eigenvalue weighted by molar-refractivity contribution is 0.102. The van der Waals surface area contributed by atoms with Crippen molar-refractivity contribution in [3.8, 4) is 0 Å². The molecule has 22 heavy (non-hydrogen) atoms. The highest BCUT2D eigenvalue weighted by Gasteiger charge is 2.15. The summed E-state index contributed by atoms with van der Waals surface area (Å²) in [7, 11) is 0. The number of nitrogens with zero attached hydrogens (tertiary/aromatic N) is 1. The fourth-order valence-electron chi connectivity index (χ4n) is 1.62. The number of thioether (sulfide) groups is 1. The van der Waals surface area contributed by atoms with Gasteiger partial charge in [0, 0.05) is 5.56 Å². The van der Waals surface area contributed by atoms with E-state index < -0.39 is 23.1 Å². The van der Waals surface area contributed by atoms with Gasteiger partial charge >= 0.3 is 0 Å². The number of aromatic amines is 1. The second kappa shape index (κ2) is 6.56. The van der Waals surface area contributed by atoms with E-state index in [2.05, 4.69) is 15.3 Å². The average Bonchev–Trinajstić information content (AvgIpc) is 2.46. The molecule has 0 saturated heterocycles. The van der Waals surface area contributed by atoms with Crippen molar-refractivity contribution in [2.24, 2.45) is 0 Å². The summed E-state index contributed by atoms with van der Waals surface area (Å²) in [5, 5.41) is 2.57. The van der Waals surface area contributed by atoms with Crippen molar-refractivity contribution in [2.75, 3.05) is 16.8 Å². The molecule has 0 aliphatic carbocycles. The summed E-state index contributed by atoms with van der Waals surface area (Å²) in [4.78, 5) is 30.2. The van der Waals surface area contributed by atoms with E-state index in [1.807, 2.05) is 6.92 Å². The monoisotopic (exact) mass is 326 g/mol. The van der Waals surface area contributed by atoms with E-state index in [0.29, 0.717) is 10.9 Å². The molecule has 0 atom stereocenters. The van der Waals surface area contributed by atoms with Crippen molar-refractivity contribution in [1.82, 2.24) is 9.97 Å². The maximum absolute atomic E-state index is 13.1. The van der Waals surface area contributed by atoms with Crippen molar-refractivity contribution in [3.05, 3.63) is 45.8 Å². The molecule has 1 aromatic carbocycles. The zero-order valence-electron chi connectivity index (χ0n) is 11.4. The minimum absolute atomic E-state index is 0.148. The lowest BCUT2D eigenvalue weighted by Crippen LogP contribution is -2.23. The van der Waals surface area contributed by atoms with Crippen LogP contribution in [0.25, 0.3) is 0 Å². The van der Waals surface area contributed by atoms with Gasteiger partial charge in [-0.15, -0.1) is 0 Å². The molecule has 0 saturated carbocycles. The molecule has 0 unspecified atom stereocenters. The summed E-state index contributed by atoms with van der Waals surface area (Å²) in [6.07, 6.45) is 0. The number of carbonyl (C=O) groups excluding carboxylic acids is 1. The zero-order valence-corrected chi connectivity index (χ0v) is 12.3. The molecular formula is C13H12F2N4O2S. The van der Waals surface area contributed by atoms with Gasteiger partial charge in [-0.2, -0.15) is 0 Å². The number of H-pyrrole nitrogens is 1. The van der Waals surface area contributed by atoms with Crippen LogP contribution in [0.1, 0.15) is 17.3 Å². The third kappa shape index (κ3) is 3.42. The number of anilines is 2. The van der Waals surface area contributed by atoms with Gasteiger partial charge in [0.1, 0.15) is 5.69 Å². The summed E-state index contributed by atoms with van der Waals surface area (Å²) < 4.78 is 26.0. The summed E-state index contributed by atoms with van der Waals surface area (Å²) in [6.45, 7) is 1.87. The van der Waals surface area contributed by atoms with E-state index in [4.69, 9.17) is 5.73 Å². The van der Waals surface area contributed by atoms with E-state index in [-0.39, 0.29) is 17.1 Å². The first-order chi connectivity index (χ1) is 10.4. The molecule has 1 amide bonds. The maximum Gasteiger partial charge on any atom is 0.277 e. The number of rotatable bonds is 4. The molecule has 4 N–H and O–H groups in total. The standard InChI is InChI=1S/C13H12F2N4O2S/c1-2-22-13-18-10(16)9(12(21)19-13)17-11(20)6-3-4-7(14)8(15)5-6/h3-5H,2H2,1H3,(H,17,20)(H3,16,18,19,21). The second-order valence-corrected chi connectivity index (χ2v) is 5.40. The van der Waals surface area contributed by atoms with Crippen LogP contribution in [0.15, 0.2) is 28.2 Å². The molecule has 1 heterocycles. The van der Waals surface area contributed by atoms with Gasteiger partial charge < -0.3 is 11.1 Å². The highest BCUT2D eigenvalue weighted by atomic mass is 32.2. The topological polar surface area (TPSA) is 101 Å². The summed E-state index contributed by atoms with van der Waals surface area (Å²) in [6, 6.07) is 2.63. The lowest BCUT2D eigenvalue weighted by atomic mass is 10.2. The fraction of sp³-hybridized carbons (Fsp3) is 0.154. The Morgan fingerprint density at radius 3 is 2.73 bits per heavy atom. The lowest BCUT2D eigenvalue weighted by Gasteiger charge is -2.08. The van der Waals surface area contributed by atoms with Crippen LogP contribution in [0.4, 0.5) is 20.3 Å². The predicted octanol–water partition coefficient (Wildman–Crippen LogP) is 1.99. The molecule has 9 heteroatoms. The molecule has 0 radical (unpaired) electrons. The van der Waals surface area contributed by atoms with Gasteiger partial charge in [-0.25, -0.2) is 13.8 Å². The van der Waals surface area contributed by atoms with Crippen LogP contribution in [0.2, 0.25) is 0 Å². The molecule has 6 nitrogen and oxygen atoms in total. The molecular weight excluding hydrogens is 314 g/mol. The SMILES string of the molecule is CCSc1nc(N)c(NC(=O)c2ccc(F)c(F)c2)c(=O)[nH]1. The molecule has 0 fully saturated rings. The summed E-state index contributed by atoms with van der Waals surface area (Å²) in [5.41, 5.74) is 4.63. The first kappa shape index (κ1) is 16.0. The van der Waals surface area contributed by atoms with Gasteiger partial charge in [0.2, 0.25) is 0 Å². The molecule has 0 aliphatic rings. The smallest absolute Gasteiger partial charge is 0.277 e. The maximum atomic E-state index is 13.1. The molecule has 2 rings (SSSR count). The summed E-state index contributed by atoms with van der Waals surface area (Å²) in [5.74, 6) is -2.51. The van der Waals surface area contributed by atoms with Crippen LogP contribution in [-0.2, 0) is 0 Å². The van der Waals surface area contributed by atoms with Crippen LogP contribution in [0.5, 0.6) is 0 Å². The number of benzene rings is 1. The van der Waals surface area contributed by atoms with Crippen molar-refractivity contribution in [1.29, 1.82) is 0 Å². The Morgan fingerprint density at radius 1 is 1.41 bits per heavy atom. The molecule has 0 aliphatic heterocycles. The van der Waals surface area contributed by atoms with Gasteiger partial charge in [0.15, 0.2) is 22.6 Å². The second-order valence-electron chi connectivity index (χ2n) is 4.15. The number of amides is 1. The van der Waals surface area contributed by atoms with Gasteiger partial charge in [0.05, 0.1) is 0 Å². The van der Waals surface area contributed by atoms with Crippen LogP contribution in [0.3, 0.4) is 0 Å². The number of hydrogen-bond acceptors (Lipinski definition) is 5. The minimum Gasteiger partial charge on any atom is -0.382 e. The van der Waals surface area contributed by atoms with Crippen molar-refractivity contribution in [2.45, 2.75) is 12.1 Å². The van der Waals surface area contributed by atoms with Gasteiger partial charge in [-0.05, 0) is 24.0 Å². The quantitative estimate of drug-likeness (QED) is 0.589. The number of nitrogens with two attached hydrogens (primary N) is 1. The van der Waals surface area contributed by atoms with Gasteiger partial charge in [-0.3, -0.25) is 14.6 Å². The van der Waals surface area contributed by atoms with Crippen molar-refractivity contribution in [3.63, 3.8) is 0 Å². The minimum atomic E-state index is -1.16. The Kier molecular flexibility index (Phi) is 4.76. The number of nitrogens with one attached hydrogen (secondary N) is 2. The molecule has 2 aromatic rings. The number of halogens is 2. The van der Waals surface area contributed by atoms with E-state index in [9.17, 15) is 18.4 Å². The van der Waals surface area contributed by atoms with Crippen molar-refractivity contribution >= 4 is 29.2 Å². The van der Waals surface area contributed by atoms with Crippen LogP contribution >= 0.6 is 11.8 Å². The van der Waals surface area contributed by atoms with E-state index in [1.165, 1.54) is 11.8 Å². The first-order valence-corrected chi connectivity index (χ1v) is 7.20. The fourth-order valence-corrected chi connectivity index (χ4v) is 2.22. The van der Waals surface area contributed by atoms with Crippen LogP contribution in [0, 0.1) is 11.6 Å². The average molecular weight is 326 g/mol. The van der Waals surface area contributed by atoms with E-state index in [1.54, 1.807) is 0 Å². The van der Waals surface area contributed by atoms with E-state index >= 15 is 0 Å². The van der Waals surface area contributed by atoms with Crippen LogP contribution in [-0.4, -0.2) is 21.6 Å². The highest BCUT2D eigenvalue weighted by molar-refractivity contribution is 7.99. The molecule has 0 bridgehead atoms. The first-order valence-electron chi connectivity index (χ1n) is 6.21. The van der Waals surface area contributed by atoms with Crippen LogP contribution < -0.4 is 16.6 Å². The highest BCUT2D eigenvalue weighted by Crippen LogP contribution is 2.17.